The Morgan fingerprint density at radius 3 is 2.29 bits per heavy atom. The summed E-state index contributed by atoms with van der Waals surface area (Å²) in [5.41, 5.74) is -0.492. The third kappa shape index (κ3) is 5.21. The second-order valence-electron chi connectivity index (χ2n) is 7.06. The van der Waals surface area contributed by atoms with Crippen LogP contribution in [0.2, 0.25) is 0 Å². The van der Waals surface area contributed by atoms with Crippen LogP contribution in [0.4, 0.5) is 18.9 Å². The first kappa shape index (κ1) is 18.7. The Morgan fingerprint density at radius 2 is 1.75 bits per heavy atom. The van der Waals surface area contributed by atoms with Crippen molar-refractivity contribution in [3.05, 3.63) is 29.8 Å². The highest BCUT2D eigenvalue weighted by atomic mass is 19.4. The smallest absolute Gasteiger partial charge is 0.325 e. The minimum Gasteiger partial charge on any atom is -0.325 e. The average Bonchev–Trinajstić information content (AvgIpc) is 2.46. The van der Waals surface area contributed by atoms with Crippen molar-refractivity contribution in [1.29, 1.82) is 0 Å². The third-order valence-electron chi connectivity index (χ3n) is 4.16. The number of halogens is 3. The number of nitrogens with zero attached hydrogens (tertiary/aromatic N) is 2. The van der Waals surface area contributed by atoms with Crippen LogP contribution in [-0.2, 0) is 11.0 Å². The molecule has 4 nitrogen and oxygen atoms in total. The molecule has 1 amide bonds. The normalized spacial score (nSPS) is 17.8. The number of amides is 1. The van der Waals surface area contributed by atoms with Gasteiger partial charge in [0.2, 0.25) is 5.91 Å². The van der Waals surface area contributed by atoms with E-state index in [0.29, 0.717) is 0 Å². The van der Waals surface area contributed by atoms with Crippen LogP contribution in [0.5, 0.6) is 0 Å². The molecule has 1 fully saturated rings. The van der Waals surface area contributed by atoms with Gasteiger partial charge >= 0.3 is 6.18 Å². The number of alkyl halides is 3. The fraction of sp³-hybridized carbons (Fsp3) is 0.588. The highest BCUT2D eigenvalue weighted by Crippen LogP contribution is 2.30. The van der Waals surface area contributed by atoms with Crippen molar-refractivity contribution in [3.8, 4) is 0 Å². The van der Waals surface area contributed by atoms with E-state index in [4.69, 9.17) is 0 Å². The Morgan fingerprint density at radius 1 is 1.12 bits per heavy atom. The zero-order valence-electron chi connectivity index (χ0n) is 14.3. The highest BCUT2D eigenvalue weighted by Gasteiger charge is 2.30. The maximum Gasteiger partial charge on any atom is 0.416 e. The lowest BCUT2D eigenvalue weighted by Crippen LogP contribution is -2.54. The molecule has 0 spiro atoms. The molecule has 1 N–H and O–H groups in total. The van der Waals surface area contributed by atoms with Gasteiger partial charge in [0.05, 0.1) is 12.1 Å². The van der Waals surface area contributed by atoms with E-state index in [2.05, 4.69) is 31.0 Å². The number of hydrogen-bond acceptors (Lipinski definition) is 3. The number of piperazine rings is 1. The molecule has 1 heterocycles. The lowest BCUT2D eigenvalue weighted by molar-refractivity contribution is -0.137. The highest BCUT2D eigenvalue weighted by molar-refractivity contribution is 5.92. The summed E-state index contributed by atoms with van der Waals surface area (Å²) in [6.45, 7) is 9.95. The van der Waals surface area contributed by atoms with E-state index < -0.39 is 11.7 Å². The fourth-order valence-corrected chi connectivity index (χ4v) is 2.75. The molecule has 1 aromatic carbocycles. The second-order valence-corrected chi connectivity index (χ2v) is 7.06. The number of anilines is 1. The van der Waals surface area contributed by atoms with Crippen LogP contribution in [-0.4, -0.2) is 54.0 Å². The molecule has 1 aliphatic rings. The van der Waals surface area contributed by atoms with Crippen molar-refractivity contribution < 1.29 is 18.0 Å². The van der Waals surface area contributed by atoms with Gasteiger partial charge < -0.3 is 5.32 Å². The van der Waals surface area contributed by atoms with E-state index in [9.17, 15) is 18.0 Å². The molecular formula is C17H24F3N3O. The zero-order valence-corrected chi connectivity index (χ0v) is 14.3. The van der Waals surface area contributed by atoms with Crippen molar-refractivity contribution in [1.82, 2.24) is 9.80 Å². The summed E-state index contributed by atoms with van der Waals surface area (Å²) >= 11 is 0. The summed E-state index contributed by atoms with van der Waals surface area (Å²) < 4.78 is 38.1. The van der Waals surface area contributed by atoms with Gasteiger partial charge in [-0.2, -0.15) is 13.2 Å². The first-order valence-corrected chi connectivity index (χ1v) is 8.00. The van der Waals surface area contributed by atoms with Gasteiger partial charge in [0, 0.05) is 37.4 Å². The summed E-state index contributed by atoms with van der Waals surface area (Å²) in [7, 11) is 0. The Balaban J connectivity index is 1.86. The van der Waals surface area contributed by atoms with Gasteiger partial charge in [-0.15, -0.1) is 0 Å². The Bertz CT molecular complexity index is 573. The van der Waals surface area contributed by atoms with Crippen LogP contribution >= 0.6 is 0 Å². The predicted molar refractivity (Wildman–Crippen MR) is 87.8 cm³/mol. The molecule has 1 aliphatic heterocycles. The molecule has 1 saturated heterocycles. The molecule has 134 valence electrons. The molecular weight excluding hydrogens is 319 g/mol. The molecule has 0 aromatic heterocycles. The Labute approximate surface area is 140 Å². The molecule has 24 heavy (non-hydrogen) atoms. The maximum atomic E-state index is 12.7. The molecule has 1 aromatic rings. The summed E-state index contributed by atoms with van der Waals surface area (Å²) in [6, 6.07) is 4.70. The number of rotatable bonds is 3. The minimum atomic E-state index is -4.41. The number of nitrogens with one attached hydrogen (secondary N) is 1. The van der Waals surface area contributed by atoms with E-state index in [1.807, 2.05) is 4.90 Å². The van der Waals surface area contributed by atoms with Crippen molar-refractivity contribution in [2.24, 2.45) is 0 Å². The Kier molecular flexibility index (Phi) is 5.55. The molecule has 0 bridgehead atoms. The summed E-state index contributed by atoms with van der Waals surface area (Å²) in [5, 5.41) is 2.55. The van der Waals surface area contributed by atoms with Gasteiger partial charge in [0.1, 0.15) is 0 Å². The molecule has 0 atom stereocenters. The van der Waals surface area contributed by atoms with Gasteiger partial charge in [0.15, 0.2) is 0 Å². The minimum absolute atomic E-state index is 0.104. The quantitative estimate of drug-likeness (QED) is 0.916. The van der Waals surface area contributed by atoms with Gasteiger partial charge in [-0.25, -0.2) is 0 Å². The first-order valence-electron chi connectivity index (χ1n) is 8.00. The summed E-state index contributed by atoms with van der Waals surface area (Å²) in [6.07, 6.45) is -4.41. The van der Waals surface area contributed by atoms with Gasteiger partial charge in [-0.05, 0) is 39.0 Å². The molecule has 2 rings (SSSR count). The largest absolute Gasteiger partial charge is 0.416 e. The van der Waals surface area contributed by atoms with E-state index in [1.54, 1.807) is 0 Å². The second kappa shape index (κ2) is 7.11. The van der Waals surface area contributed by atoms with Crippen molar-refractivity contribution in [2.75, 3.05) is 38.0 Å². The van der Waals surface area contributed by atoms with Gasteiger partial charge in [-0.3, -0.25) is 14.6 Å². The van der Waals surface area contributed by atoms with Crippen LogP contribution in [0.15, 0.2) is 24.3 Å². The lowest BCUT2D eigenvalue weighted by atomic mass is 10.1. The van der Waals surface area contributed by atoms with Crippen LogP contribution < -0.4 is 5.32 Å². The van der Waals surface area contributed by atoms with Crippen LogP contribution in [0.25, 0.3) is 0 Å². The molecule has 0 unspecified atom stereocenters. The average molecular weight is 343 g/mol. The van der Waals surface area contributed by atoms with Crippen molar-refractivity contribution in [3.63, 3.8) is 0 Å². The molecule has 7 heteroatoms. The molecule has 0 aliphatic carbocycles. The fourth-order valence-electron chi connectivity index (χ4n) is 2.75. The number of carbonyl (C=O) groups excluding carboxylic acids is 1. The zero-order chi connectivity index (χ0) is 18.0. The number of benzene rings is 1. The van der Waals surface area contributed by atoms with Crippen LogP contribution in [0.3, 0.4) is 0 Å². The Hall–Kier alpha value is -1.60. The SMILES string of the molecule is CC(C)(C)N1CCN(CC(=O)Nc2cccc(C(F)(F)F)c2)CC1. The molecule has 0 saturated carbocycles. The first-order chi connectivity index (χ1) is 11.1. The van der Waals surface area contributed by atoms with Crippen molar-refractivity contribution in [2.45, 2.75) is 32.5 Å². The van der Waals surface area contributed by atoms with Gasteiger partial charge in [0.25, 0.3) is 0 Å². The summed E-state index contributed by atoms with van der Waals surface area (Å²) in [4.78, 5) is 16.4. The predicted octanol–water partition coefficient (Wildman–Crippen LogP) is 3.06. The molecule has 0 radical (unpaired) electrons. The lowest BCUT2D eigenvalue weighted by Gasteiger charge is -2.42. The maximum absolute atomic E-state index is 12.7. The van der Waals surface area contributed by atoms with E-state index in [1.165, 1.54) is 12.1 Å². The summed E-state index contributed by atoms with van der Waals surface area (Å²) in [5.74, 6) is -0.293. The number of hydrogen-bond donors (Lipinski definition) is 1. The van der Waals surface area contributed by atoms with Gasteiger partial charge in [-0.1, -0.05) is 6.07 Å². The van der Waals surface area contributed by atoms with E-state index in [0.717, 1.165) is 38.3 Å². The monoisotopic (exact) mass is 343 g/mol. The number of carbonyl (C=O) groups is 1. The van der Waals surface area contributed by atoms with E-state index in [-0.39, 0.29) is 23.7 Å². The third-order valence-corrected chi connectivity index (χ3v) is 4.16. The van der Waals surface area contributed by atoms with Crippen molar-refractivity contribution >= 4 is 11.6 Å². The topological polar surface area (TPSA) is 35.6 Å². The van der Waals surface area contributed by atoms with Crippen LogP contribution in [0, 0.1) is 0 Å². The van der Waals surface area contributed by atoms with Crippen LogP contribution in [0.1, 0.15) is 26.3 Å². The van der Waals surface area contributed by atoms with E-state index >= 15 is 0 Å². The standard InChI is InChI=1S/C17H24F3N3O/c1-16(2,3)23-9-7-22(8-10-23)12-15(24)21-14-6-4-5-13(11-14)17(18,19)20/h4-6,11H,7-10,12H2,1-3H3,(H,21,24).